The molecule has 7 rings (SSSR count). The fourth-order valence-corrected chi connectivity index (χ4v) is 9.41. The number of benzene rings is 5. The predicted octanol–water partition coefficient (Wildman–Crippen LogP) is 7.96. The number of rotatable bonds is 13. The molecule has 1 aliphatic heterocycles. The Kier molecular flexibility index (Phi) is 11.7. The summed E-state index contributed by atoms with van der Waals surface area (Å²) in [6, 6.07) is 37.8. The van der Waals surface area contributed by atoms with Gasteiger partial charge in [0.2, 0.25) is 15.9 Å². The van der Waals surface area contributed by atoms with Crippen molar-refractivity contribution in [3.8, 4) is 0 Å². The third-order valence-corrected chi connectivity index (χ3v) is 12.7. The maximum absolute atomic E-state index is 13.9. The highest BCUT2D eigenvalue weighted by Gasteiger charge is 2.33. The lowest BCUT2D eigenvalue weighted by Crippen LogP contribution is -2.45. The molecule has 1 aliphatic rings. The molecule has 0 saturated carbocycles. The number of aliphatic hydroxyl groups is 1. The van der Waals surface area contributed by atoms with E-state index in [1.807, 2.05) is 91.9 Å². The van der Waals surface area contributed by atoms with Gasteiger partial charge in [-0.2, -0.15) is 4.72 Å². The zero-order chi connectivity index (χ0) is 36.8. The van der Waals surface area contributed by atoms with Crippen molar-refractivity contribution in [3.63, 3.8) is 0 Å². The summed E-state index contributed by atoms with van der Waals surface area (Å²) in [5.41, 5.74) is 5.68. The number of thioether (sulfide) groups is 1. The van der Waals surface area contributed by atoms with Crippen LogP contribution in [0.3, 0.4) is 0 Å². The number of aliphatic hydroxyl groups excluding tert-OH is 1. The molecule has 6 aromatic rings. The van der Waals surface area contributed by atoms with Crippen LogP contribution in [-0.2, 0) is 37.3 Å². The third-order valence-electron chi connectivity index (χ3n) is 8.94. The number of nitrogens with one attached hydrogen (secondary N) is 2. The molecule has 1 fully saturated rings. The predicted molar refractivity (Wildman–Crippen MR) is 209 cm³/mol. The Morgan fingerprint density at radius 3 is 2.40 bits per heavy atom. The molecule has 2 heterocycles. The summed E-state index contributed by atoms with van der Waals surface area (Å²) in [5, 5.41) is 12.5. The molecule has 1 saturated heterocycles. The van der Waals surface area contributed by atoms with Crippen molar-refractivity contribution in [1.29, 1.82) is 0 Å². The second-order valence-electron chi connectivity index (χ2n) is 12.9. The van der Waals surface area contributed by atoms with Gasteiger partial charge in [-0.05, 0) is 66.4 Å². The molecule has 1 amide bonds. The Morgan fingerprint density at radius 2 is 1.64 bits per heavy atom. The number of nitrogens with zero attached hydrogens (tertiary/aromatic N) is 1. The number of carbonyl (C=O) groups is 1. The van der Waals surface area contributed by atoms with Gasteiger partial charge >= 0.3 is 0 Å². The zero-order valence-corrected chi connectivity index (χ0v) is 31.4. The normalized spacial score (nSPS) is 18.1. The van der Waals surface area contributed by atoms with Crippen LogP contribution in [-0.4, -0.2) is 42.3 Å². The Balaban J connectivity index is 1.10. The van der Waals surface area contributed by atoms with E-state index in [0.29, 0.717) is 23.4 Å². The monoisotopic (exact) mass is 765 g/mol. The number of para-hydroxylation sites is 1. The highest BCUT2D eigenvalue weighted by molar-refractivity contribution is 8.01. The van der Waals surface area contributed by atoms with E-state index in [2.05, 4.69) is 16.1 Å². The lowest BCUT2D eigenvalue weighted by Gasteiger charge is -2.36. The molecule has 0 aliphatic carbocycles. The first-order chi connectivity index (χ1) is 25.7. The molecule has 3 N–H and O–H groups in total. The second kappa shape index (κ2) is 16.7. The molecular formula is C41H39N3O6S3. The van der Waals surface area contributed by atoms with Gasteiger partial charge in [0.1, 0.15) is 6.04 Å². The smallest absolute Gasteiger partial charge is 0.242 e. The van der Waals surface area contributed by atoms with E-state index >= 15 is 0 Å². The first kappa shape index (κ1) is 36.9. The number of ether oxygens (including phenoxy) is 2. The van der Waals surface area contributed by atoms with Crippen molar-refractivity contribution in [2.24, 2.45) is 0 Å². The highest BCUT2D eigenvalue weighted by Crippen LogP contribution is 2.40. The van der Waals surface area contributed by atoms with Crippen LogP contribution in [0.2, 0.25) is 0 Å². The van der Waals surface area contributed by atoms with Crippen molar-refractivity contribution in [2.75, 3.05) is 11.1 Å². The molecule has 4 unspecified atom stereocenters. The van der Waals surface area contributed by atoms with E-state index in [-0.39, 0.29) is 30.1 Å². The van der Waals surface area contributed by atoms with Crippen LogP contribution in [0, 0.1) is 6.92 Å². The summed E-state index contributed by atoms with van der Waals surface area (Å²) >= 11 is 3.31. The Hall–Kier alpha value is -4.40. The number of sulfonamides is 1. The molecule has 272 valence electrons. The van der Waals surface area contributed by atoms with Crippen LogP contribution in [0.4, 0.5) is 5.69 Å². The van der Waals surface area contributed by atoms with Gasteiger partial charge in [0.25, 0.3) is 0 Å². The van der Waals surface area contributed by atoms with Crippen LogP contribution >= 0.6 is 23.1 Å². The second-order valence-corrected chi connectivity index (χ2v) is 16.9. The summed E-state index contributed by atoms with van der Waals surface area (Å²) in [5.74, 6) is 0.156. The number of amides is 1. The van der Waals surface area contributed by atoms with Crippen molar-refractivity contribution in [1.82, 2.24) is 9.71 Å². The largest absolute Gasteiger partial charge is 0.392 e. The number of aromatic nitrogens is 1. The van der Waals surface area contributed by atoms with Crippen LogP contribution in [0.15, 0.2) is 137 Å². The van der Waals surface area contributed by atoms with Gasteiger partial charge in [-0.3, -0.25) is 4.79 Å². The molecule has 0 spiro atoms. The van der Waals surface area contributed by atoms with Crippen molar-refractivity contribution in [3.05, 3.63) is 155 Å². The minimum atomic E-state index is -4.01. The zero-order valence-electron chi connectivity index (χ0n) is 28.9. The number of anilines is 1. The molecule has 9 nitrogen and oxygen atoms in total. The van der Waals surface area contributed by atoms with Gasteiger partial charge in [0.05, 0.1) is 33.9 Å². The maximum atomic E-state index is 13.9. The number of hydrogen-bond donors (Lipinski definition) is 3. The van der Waals surface area contributed by atoms with E-state index in [1.54, 1.807) is 47.4 Å². The number of thiazole rings is 1. The van der Waals surface area contributed by atoms with Gasteiger partial charge in [0.15, 0.2) is 10.6 Å². The third kappa shape index (κ3) is 9.40. The summed E-state index contributed by atoms with van der Waals surface area (Å²) in [4.78, 5) is 18.7. The molecule has 4 atom stereocenters. The fourth-order valence-electron chi connectivity index (χ4n) is 6.10. The van der Waals surface area contributed by atoms with Crippen molar-refractivity contribution < 1.29 is 27.8 Å². The molecule has 0 bridgehead atoms. The van der Waals surface area contributed by atoms with Gasteiger partial charge in [-0.15, -0.1) is 11.3 Å². The first-order valence-electron chi connectivity index (χ1n) is 17.2. The average molecular weight is 766 g/mol. The number of hydrogen-bond acceptors (Lipinski definition) is 9. The van der Waals surface area contributed by atoms with E-state index in [0.717, 1.165) is 36.8 Å². The summed E-state index contributed by atoms with van der Waals surface area (Å²) in [7, 11) is -4.01. The van der Waals surface area contributed by atoms with Crippen LogP contribution < -0.4 is 10.0 Å². The van der Waals surface area contributed by atoms with E-state index < -0.39 is 28.3 Å². The maximum Gasteiger partial charge on any atom is 0.242 e. The lowest BCUT2D eigenvalue weighted by molar-refractivity contribution is -0.245. The Morgan fingerprint density at radius 1 is 0.887 bits per heavy atom. The summed E-state index contributed by atoms with van der Waals surface area (Å²) in [6.07, 6.45) is -0.447. The molecule has 1 aromatic heterocycles. The van der Waals surface area contributed by atoms with Gasteiger partial charge in [0, 0.05) is 23.4 Å². The number of aryl methyl sites for hydroxylation is 1. The molecular weight excluding hydrogens is 727 g/mol. The van der Waals surface area contributed by atoms with Gasteiger partial charge in [-0.1, -0.05) is 108 Å². The van der Waals surface area contributed by atoms with Crippen LogP contribution in [0.5, 0.6) is 0 Å². The highest BCUT2D eigenvalue weighted by atomic mass is 32.2. The Labute approximate surface area is 317 Å². The minimum absolute atomic E-state index is 0.0446. The van der Waals surface area contributed by atoms with Crippen LogP contribution in [0.25, 0.3) is 10.2 Å². The average Bonchev–Trinajstić information content (AvgIpc) is 3.61. The van der Waals surface area contributed by atoms with E-state index in [4.69, 9.17) is 14.5 Å². The Bertz CT molecular complexity index is 2230. The summed E-state index contributed by atoms with van der Waals surface area (Å²) < 4.78 is 44.7. The molecule has 0 radical (unpaired) electrons. The van der Waals surface area contributed by atoms with Crippen LogP contribution in [0.1, 0.15) is 46.6 Å². The van der Waals surface area contributed by atoms with E-state index in [1.165, 1.54) is 12.1 Å². The van der Waals surface area contributed by atoms with E-state index in [9.17, 15) is 18.3 Å². The quantitative estimate of drug-likeness (QED) is 0.101. The number of fused-ring (bicyclic) bond motifs is 1. The topological polar surface area (TPSA) is 127 Å². The SMILES string of the molecule is Cc1ccc(S(=O)(=O)NC(Cc2ccccc2)C(=O)Nc2cccc(C3OC(CSc4nc5ccccc5s4)CC(c4ccc(CO)cc4)O3)c2)cc1. The van der Waals surface area contributed by atoms with Gasteiger partial charge in [-0.25, -0.2) is 13.4 Å². The molecule has 12 heteroatoms. The minimum Gasteiger partial charge on any atom is -0.392 e. The van der Waals surface area contributed by atoms with Crippen molar-refractivity contribution in [2.45, 2.75) is 60.1 Å². The standard InChI is InChI=1S/C41H39N3O6S3/c1-27-14-20-34(21-15-27)53(47,48)44-36(22-28-8-3-2-4-9-28)39(46)42-32-11-7-10-31(23-32)40-49-33(24-37(50-40)30-18-16-29(25-45)17-19-30)26-51-41-43-35-12-5-6-13-38(35)52-41/h2-21,23,33,36-37,40,44-45H,22,24-26H2,1H3,(H,42,46). The lowest BCUT2D eigenvalue weighted by atomic mass is 10.0. The van der Waals surface area contributed by atoms with Gasteiger partial charge < -0.3 is 19.9 Å². The first-order valence-corrected chi connectivity index (χ1v) is 20.5. The summed E-state index contributed by atoms with van der Waals surface area (Å²) in [6.45, 7) is 1.84. The van der Waals surface area contributed by atoms with Crippen molar-refractivity contribution >= 4 is 54.9 Å². The molecule has 5 aromatic carbocycles. The molecule has 53 heavy (non-hydrogen) atoms. The number of carbonyl (C=O) groups excluding carboxylic acids is 1. The fraction of sp³-hybridized carbons (Fsp3) is 0.220.